The number of methoxy groups -OCH3 is 2. The first-order valence-corrected chi connectivity index (χ1v) is 16.8. The molecule has 0 aliphatic rings. The molecule has 1 unspecified atom stereocenters. The molecule has 5 aromatic rings. The third-order valence-corrected chi connectivity index (χ3v) is 8.75. The number of nitrogens with one attached hydrogen (secondary N) is 3. The summed E-state index contributed by atoms with van der Waals surface area (Å²) in [6.45, 7) is 1.94. The SMILES string of the molecule is CCC(Sc1cccc(NC(=O)/C(=C\c2cccc(OC)c2OC)NC(=O)c2ccccc2)c1)C(=O)Nc1ccc(Oc2ccccc2)cc1. The Hall–Kier alpha value is -6.00. The fourth-order valence-electron chi connectivity index (χ4n) is 4.91. The standard InChI is InChI=1S/C40H37N3O6S/c1-4-36(40(46)41-29-21-23-32(24-22-29)49-31-17-9-6-10-18-31)50-33-19-12-16-30(26-33)42-39(45)34(43-38(44)27-13-7-5-8-14-27)25-28-15-11-20-35(47-2)37(28)48-3/h5-26,36H,4H2,1-3H3,(H,41,46)(H,42,45)(H,43,44)/b34-25+. The molecule has 0 radical (unpaired) electrons. The van der Waals surface area contributed by atoms with E-state index >= 15 is 0 Å². The number of para-hydroxylation sites is 2. The Labute approximate surface area is 295 Å². The topological polar surface area (TPSA) is 115 Å². The summed E-state index contributed by atoms with van der Waals surface area (Å²) in [5.74, 6) is 1.13. The normalized spacial score (nSPS) is 11.5. The fourth-order valence-corrected chi connectivity index (χ4v) is 5.92. The molecule has 3 amide bonds. The van der Waals surface area contributed by atoms with E-state index in [0.717, 1.165) is 10.6 Å². The third kappa shape index (κ3) is 9.55. The Morgan fingerprint density at radius 3 is 2.08 bits per heavy atom. The number of amides is 3. The highest BCUT2D eigenvalue weighted by Gasteiger charge is 2.20. The van der Waals surface area contributed by atoms with Gasteiger partial charge >= 0.3 is 0 Å². The lowest BCUT2D eigenvalue weighted by molar-refractivity contribution is -0.116. The fraction of sp³-hybridized carbons (Fsp3) is 0.125. The van der Waals surface area contributed by atoms with Gasteiger partial charge < -0.3 is 30.2 Å². The molecule has 9 nitrogen and oxygen atoms in total. The van der Waals surface area contributed by atoms with Gasteiger partial charge in [-0.2, -0.15) is 0 Å². The minimum atomic E-state index is -0.550. The molecular weight excluding hydrogens is 651 g/mol. The zero-order valence-electron chi connectivity index (χ0n) is 27.8. The summed E-state index contributed by atoms with van der Waals surface area (Å²) in [5.41, 5.74) is 2.06. The van der Waals surface area contributed by atoms with Crippen LogP contribution < -0.4 is 30.2 Å². The molecule has 5 aromatic carbocycles. The Bertz CT molecular complexity index is 1950. The van der Waals surface area contributed by atoms with Gasteiger partial charge in [-0.3, -0.25) is 14.4 Å². The van der Waals surface area contributed by atoms with Crippen LogP contribution in [0.25, 0.3) is 6.08 Å². The minimum absolute atomic E-state index is 0.00513. The number of hydrogen-bond acceptors (Lipinski definition) is 7. The predicted molar refractivity (Wildman–Crippen MR) is 198 cm³/mol. The second-order valence-electron chi connectivity index (χ2n) is 10.9. The van der Waals surface area contributed by atoms with Crippen LogP contribution in [0.3, 0.4) is 0 Å². The highest BCUT2D eigenvalue weighted by atomic mass is 32.2. The van der Waals surface area contributed by atoms with E-state index in [9.17, 15) is 14.4 Å². The van der Waals surface area contributed by atoms with E-state index in [4.69, 9.17) is 14.2 Å². The zero-order chi connectivity index (χ0) is 35.3. The number of carbonyl (C=O) groups is 3. The quantitative estimate of drug-likeness (QED) is 0.0793. The highest BCUT2D eigenvalue weighted by molar-refractivity contribution is 8.00. The molecule has 5 rings (SSSR count). The third-order valence-electron chi connectivity index (χ3n) is 7.40. The van der Waals surface area contributed by atoms with Gasteiger partial charge in [0.2, 0.25) is 5.91 Å². The molecule has 0 fully saturated rings. The van der Waals surface area contributed by atoms with Crippen LogP contribution in [0.5, 0.6) is 23.0 Å². The number of thioether (sulfide) groups is 1. The molecule has 254 valence electrons. The molecule has 0 heterocycles. The van der Waals surface area contributed by atoms with Crippen LogP contribution in [-0.2, 0) is 9.59 Å². The van der Waals surface area contributed by atoms with E-state index < -0.39 is 17.1 Å². The number of benzene rings is 5. The van der Waals surface area contributed by atoms with Gasteiger partial charge in [0.25, 0.3) is 11.8 Å². The van der Waals surface area contributed by atoms with Gasteiger partial charge in [-0.15, -0.1) is 11.8 Å². The molecule has 0 aliphatic carbocycles. The lowest BCUT2D eigenvalue weighted by Gasteiger charge is -2.16. The van der Waals surface area contributed by atoms with Crippen molar-refractivity contribution < 1.29 is 28.6 Å². The van der Waals surface area contributed by atoms with E-state index in [1.807, 2.05) is 43.3 Å². The number of hydrogen-bond donors (Lipinski definition) is 3. The molecule has 0 bridgehead atoms. The molecule has 0 aliphatic heterocycles. The summed E-state index contributed by atoms with van der Waals surface area (Å²) in [6, 6.07) is 37.7. The molecule has 0 saturated carbocycles. The van der Waals surface area contributed by atoms with E-state index in [0.29, 0.717) is 46.2 Å². The van der Waals surface area contributed by atoms with Crippen LogP contribution in [0.15, 0.2) is 138 Å². The summed E-state index contributed by atoms with van der Waals surface area (Å²) in [4.78, 5) is 40.9. The van der Waals surface area contributed by atoms with Gasteiger partial charge in [0.1, 0.15) is 17.2 Å². The molecular formula is C40H37N3O6S. The second kappa shape index (κ2) is 17.4. The Kier molecular flexibility index (Phi) is 12.3. The number of ether oxygens (including phenoxy) is 3. The van der Waals surface area contributed by atoms with Crippen molar-refractivity contribution in [3.8, 4) is 23.0 Å². The maximum atomic E-state index is 13.7. The molecule has 0 aromatic heterocycles. The van der Waals surface area contributed by atoms with Gasteiger partial charge in [-0.05, 0) is 85.3 Å². The van der Waals surface area contributed by atoms with Crippen molar-refractivity contribution in [2.45, 2.75) is 23.5 Å². The molecule has 0 spiro atoms. The predicted octanol–water partition coefficient (Wildman–Crippen LogP) is 8.42. The summed E-state index contributed by atoms with van der Waals surface area (Å²) in [5, 5.41) is 8.22. The molecule has 3 N–H and O–H groups in total. The van der Waals surface area contributed by atoms with Crippen LogP contribution in [0, 0.1) is 0 Å². The first kappa shape index (κ1) is 35.3. The lowest BCUT2D eigenvalue weighted by atomic mass is 10.1. The molecule has 10 heteroatoms. The van der Waals surface area contributed by atoms with Crippen LogP contribution in [0.4, 0.5) is 11.4 Å². The summed E-state index contributed by atoms with van der Waals surface area (Å²) in [7, 11) is 3.02. The maximum Gasteiger partial charge on any atom is 0.272 e. The minimum Gasteiger partial charge on any atom is -0.493 e. The van der Waals surface area contributed by atoms with Gasteiger partial charge in [0.05, 0.1) is 19.5 Å². The van der Waals surface area contributed by atoms with Crippen molar-refractivity contribution >= 4 is 46.9 Å². The van der Waals surface area contributed by atoms with E-state index in [1.165, 1.54) is 32.1 Å². The Balaban J connectivity index is 1.29. The van der Waals surface area contributed by atoms with Crippen molar-refractivity contribution in [3.63, 3.8) is 0 Å². The first-order chi connectivity index (χ1) is 24.4. The van der Waals surface area contributed by atoms with Crippen molar-refractivity contribution in [2.75, 3.05) is 24.9 Å². The first-order valence-electron chi connectivity index (χ1n) is 15.9. The van der Waals surface area contributed by atoms with Gasteiger partial charge in [0, 0.05) is 27.4 Å². The van der Waals surface area contributed by atoms with Crippen molar-refractivity contribution in [1.29, 1.82) is 0 Å². The summed E-state index contributed by atoms with van der Waals surface area (Å²) in [6.07, 6.45) is 2.11. The highest BCUT2D eigenvalue weighted by Crippen LogP contribution is 2.33. The van der Waals surface area contributed by atoms with Crippen LogP contribution in [0.2, 0.25) is 0 Å². The van der Waals surface area contributed by atoms with Gasteiger partial charge in [0.15, 0.2) is 11.5 Å². The number of anilines is 2. The van der Waals surface area contributed by atoms with E-state index in [-0.39, 0.29) is 11.6 Å². The summed E-state index contributed by atoms with van der Waals surface area (Å²) < 4.78 is 16.8. The Morgan fingerprint density at radius 1 is 0.720 bits per heavy atom. The van der Waals surface area contributed by atoms with Crippen molar-refractivity contribution in [3.05, 3.63) is 144 Å². The molecule has 1 atom stereocenters. The monoisotopic (exact) mass is 687 g/mol. The van der Waals surface area contributed by atoms with Crippen LogP contribution in [0.1, 0.15) is 29.3 Å². The number of rotatable bonds is 14. The Morgan fingerprint density at radius 2 is 1.40 bits per heavy atom. The van der Waals surface area contributed by atoms with Crippen molar-refractivity contribution in [2.24, 2.45) is 0 Å². The van der Waals surface area contributed by atoms with Crippen LogP contribution >= 0.6 is 11.8 Å². The maximum absolute atomic E-state index is 13.7. The van der Waals surface area contributed by atoms with Gasteiger partial charge in [-0.1, -0.05) is 61.5 Å². The van der Waals surface area contributed by atoms with E-state index in [1.54, 1.807) is 91.0 Å². The smallest absolute Gasteiger partial charge is 0.272 e. The van der Waals surface area contributed by atoms with Crippen molar-refractivity contribution in [1.82, 2.24) is 5.32 Å². The molecule has 50 heavy (non-hydrogen) atoms. The average molecular weight is 688 g/mol. The van der Waals surface area contributed by atoms with Crippen LogP contribution in [-0.4, -0.2) is 37.2 Å². The average Bonchev–Trinajstić information content (AvgIpc) is 3.15. The summed E-state index contributed by atoms with van der Waals surface area (Å²) >= 11 is 1.39. The van der Waals surface area contributed by atoms with E-state index in [2.05, 4.69) is 16.0 Å². The molecule has 0 saturated heterocycles. The zero-order valence-corrected chi connectivity index (χ0v) is 28.7. The second-order valence-corrected chi connectivity index (χ2v) is 12.2. The van der Waals surface area contributed by atoms with Gasteiger partial charge in [-0.25, -0.2) is 0 Å². The lowest BCUT2D eigenvalue weighted by Crippen LogP contribution is -2.30. The largest absolute Gasteiger partial charge is 0.493 e. The number of carbonyl (C=O) groups excluding carboxylic acids is 3.